The quantitative estimate of drug-likeness (QED) is 0.627. The second kappa shape index (κ2) is 4.17. The molecule has 14 heavy (non-hydrogen) atoms. The van der Waals surface area contributed by atoms with Crippen LogP contribution in [0, 0.1) is 0 Å². The van der Waals surface area contributed by atoms with Crippen molar-refractivity contribution in [1.29, 1.82) is 0 Å². The Morgan fingerprint density at radius 3 is 2.64 bits per heavy atom. The highest BCUT2D eigenvalue weighted by atomic mass is 16.3. The van der Waals surface area contributed by atoms with Crippen molar-refractivity contribution in [1.82, 2.24) is 5.32 Å². The van der Waals surface area contributed by atoms with Crippen LogP contribution in [0.1, 0.15) is 44.9 Å². The van der Waals surface area contributed by atoms with Crippen molar-refractivity contribution in [3.8, 4) is 0 Å². The maximum atomic E-state index is 9.91. The molecule has 0 radical (unpaired) electrons. The lowest BCUT2D eigenvalue weighted by molar-refractivity contribution is -0.0340. The van der Waals surface area contributed by atoms with E-state index in [9.17, 15) is 5.11 Å². The van der Waals surface area contributed by atoms with Gasteiger partial charge in [-0.1, -0.05) is 6.42 Å². The molecule has 2 atom stereocenters. The van der Waals surface area contributed by atoms with Crippen molar-refractivity contribution in [3.63, 3.8) is 0 Å². The molecule has 2 fully saturated rings. The first-order valence-electron chi connectivity index (χ1n) is 5.89. The van der Waals surface area contributed by atoms with Crippen LogP contribution in [0.3, 0.4) is 0 Å². The zero-order valence-corrected chi connectivity index (χ0v) is 8.84. The number of hydrogen-bond donors (Lipinski definition) is 3. The van der Waals surface area contributed by atoms with Crippen LogP contribution < -0.4 is 11.1 Å². The molecule has 0 aromatic heterocycles. The smallest absolute Gasteiger partial charge is 0.0771 e. The minimum absolute atomic E-state index is 0.372. The molecule has 2 aliphatic carbocycles. The summed E-state index contributed by atoms with van der Waals surface area (Å²) in [7, 11) is 0. The highest BCUT2D eigenvalue weighted by Gasteiger charge is 2.34. The van der Waals surface area contributed by atoms with Crippen molar-refractivity contribution in [3.05, 3.63) is 0 Å². The minimum Gasteiger partial charge on any atom is -0.389 e. The van der Waals surface area contributed by atoms with Crippen molar-refractivity contribution in [2.75, 3.05) is 6.54 Å². The maximum absolute atomic E-state index is 9.91. The lowest BCUT2D eigenvalue weighted by atomic mass is 9.80. The topological polar surface area (TPSA) is 58.3 Å². The lowest BCUT2D eigenvalue weighted by Gasteiger charge is -2.39. The van der Waals surface area contributed by atoms with Gasteiger partial charge < -0.3 is 16.2 Å². The van der Waals surface area contributed by atoms with Crippen molar-refractivity contribution in [2.24, 2.45) is 5.73 Å². The van der Waals surface area contributed by atoms with Crippen molar-refractivity contribution < 1.29 is 5.11 Å². The van der Waals surface area contributed by atoms with Gasteiger partial charge in [0.05, 0.1) is 5.60 Å². The van der Waals surface area contributed by atoms with Gasteiger partial charge in [-0.05, 0) is 38.5 Å². The van der Waals surface area contributed by atoms with Gasteiger partial charge in [-0.25, -0.2) is 0 Å². The molecule has 0 amide bonds. The molecule has 0 saturated heterocycles. The van der Waals surface area contributed by atoms with Gasteiger partial charge in [0.2, 0.25) is 0 Å². The van der Waals surface area contributed by atoms with Crippen LogP contribution in [-0.4, -0.2) is 29.3 Å². The Kier molecular flexibility index (Phi) is 3.10. The van der Waals surface area contributed by atoms with Crippen LogP contribution >= 0.6 is 0 Å². The molecule has 0 aromatic carbocycles. The van der Waals surface area contributed by atoms with E-state index in [0.717, 1.165) is 25.8 Å². The van der Waals surface area contributed by atoms with E-state index in [1.54, 1.807) is 0 Å². The highest BCUT2D eigenvalue weighted by Crippen LogP contribution is 2.31. The predicted molar refractivity (Wildman–Crippen MR) is 57.0 cm³/mol. The number of aliphatic hydroxyl groups is 1. The van der Waals surface area contributed by atoms with Gasteiger partial charge in [0.1, 0.15) is 0 Å². The summed E-state index contributed by atoms with van der Waals surface area (Å²) in [5.74, 6) is 0. The van der Waals surface area contributed by atoms with Gasteiger partial charge in [0, 0.05) is 18.6 Å². The summed E-state index contributed by atoms with van der Waals surface area (Å²) in [6.07, 6.45) is 7.83. The third-order valence-electron chi connectivity index (χ3n) is 3.72. The summed E-state index contributed by atoms with van der Waals surface area (Å²) in [5.41, 5.74) is 5.52. The molecule has 3 heteroatoms. The first-order chi connectivity index (χ1) is 6.68. The molecule has 0 heterocycles. The van der Waals surface area contributed by atoms with E-state index >= 15 is 0 Å². The number of nitrogens with one attached hydrogen (secondary N) is 1. The number of rotatable bonds is 3. The third-order valence-corrected chi connectivity index (χ3v) is 3.72. The Morgan fingerprint density at radius 1 is 1.29 bits per heavy atom. The standard InChI is InChI=1S/C11H22N2O/c12-9-3-1-4-10(7-9)13-8-11(14)5-2-6-11/h9-10,13-14H,1-8,12H2. The van der Waals surface area contributed by atoms with Gasteiger partial charge in [-0.2, -0.15) is 0 Å². The Labute approximate surface area is 86.1 Å². The molecule has 2 saturated carbocycles. The van der Waals surface area contributed by atoms with Crippen LogP contribution in [0.2, 0.25) is 0 Å². The van der Waals surface area contributed by atoms with Gasteiger partial charge >= 0.3 is 0 Å². The molecule has 0 aliphatic heterocycles. The van der Waals surface area contributed by atoms with E-state index in [1.807, 2.05) is 0 Å². The summed E-state index contributed by atoms with van der Waals surface area (Å²) < 4.78 is 0. The van der Waals surface area contributed by atoms with Crippen LogP contribution in [0.4, 0.5) is 0 Å². The van der Waals surface area contributed by atoms with E-state index < -0.39 is 0 Å². The zero-order chi connectivity index (χ0) is 10.0. The largest absolute Gasteiger partial charge is 0.389 e. The highest BCUT2D eigenvalue weighted by molar-refractivity contribution is 4.91. The minimum atomic E-state index is -0.387. The number of nitrogens with two attached hydrogens (primary N) is 1. The van der Waals surface area contributed by atoms with Crippen LogP contribution in [0.25, 0.3) is 0 Å². The average Bonchev–Trinajstić information content (AvgIpc) is 2.12. The summed E-state index contributed by atoms with van der Waals surface area (Å²) >= 11 is 0. The molecular formula is C11H22N2O. The maximum Gasteiger partial charge on any atom is 0.0771 e. The van der Waals surface area contributed by atoms with Crippen LogP contribution in [-0.2, 0) is 0 Å². The van der Waals surface area contributed by atoms with Crippen LogP contribution in [0.5, 0.6) is 0 Å². The molecule has 82 valence electrons. The number of hydrogen-bond acceptors (Lipinski definition) is 3. The predicted octanol–water partition coefficient (Wildman–Crippen LogP) is 0.761. The van der Waals surface area contributed by atoms with Gasteiger partial charge in [-0.3, -0.25) is 0 Å². The van der Waals surface area contributed by atoms with E-state index in [0.29, 0.717) is 12.1 Å². The van der Waals surface area contributed by atoms with Gasteiger partial charge in [0.25, 0.3) is 0 Å². The first-order valence-corrected chi connectivity index (χ1v) is 5.89. The first kappa shape index (κ1) is 10.4. The fourth-order valence-electron chi connectivity index (χ4n) is 2.51. The Balaban J connectivity index is 1.69. The SMILES string of the molecule is NC1CCCC(NCC2(O)CCC2)C1. The summed E-state index contributed by atoms with van der Waals surface area (Å²) in [4.78, 5) is 0. The monoisotopic (exact) mass is 198 g/mol. The normalized spacial score (nSPS) is 36.4. The van der Waals surface area contributed by atoms with E-state index in [-0.39, 0.29) is 5.60 Å². The third kappa shape index (κ3) is 2.47. The summed E-state index contributed by atoms with van der Waals surface area (Å²) in [6, 6.07) is 0.917. The molecule has 4 N–H and O–H groups in total. The van der Waals surface area contributed by atoms with Gasteiger partial charge in [-0.15, -0.1) is 0 Å². The van der Waals surface area contributed by atoms with Crippen LogP contribution in [0.15, 0.2) is 0 Å². The lowest BCUT2D eigenvalue weighted by Crippen LogP contribution is -2.50. The molecular weight excluding hydrogens is 176 g/mol. The van der Waals surface area contributed by atoms with E-state index in [1.165, 1.54) is 25.7 Å². The van der Waals surface area contributed by atoms with Gasteiger partial charge in [0.15, 0.2) is 0 Å². The zero-order valence-electron chi connectivity index (χ0n) is 8.84. The Bertz CT molecular complexity index is 192. The molecule has 0 bridgehead atoms. The Morgan fingerprint density at radius 2 is 2.07 bits per heavy atom. The second-order valence-electron chi connectivity index (χ2n) is 5.08. The molecule has 3 nitrogen and oxygen atoms in total. The van der Waals surface area contributed by atoms with Crippen molar-refractivity contribution in [2.45, 2.75) is 62.6 Å². The van der Waals surface area contributed by atoms with E-state index in [4.69, 9.17) is 5.73 Å². The summed E-state index contributed by atoms with van der Waals surface area (Å²) in [5, 5.41) is 13.4. The molecule has 2 aliphatic rings. The van der Waals surface area contributed by atoms with E-state index in [2.05, 4.69) is 5.32 Å². The fraction of sp³-hybridized carbons (Fsp3) is 1.00. The molecule has 0 aromatic rings. The average molecular weight is 198 g/mol. The Hall–Kier alpha value is -0.120. The second-order valence-corrected chi connectivity index (χ2v) is 5.08. The molecule has 0 spiro atoms. The fourth-order valence-corrected chi connectivity index (χ4v) is 2.51. The van der Waals surface area contributed by atoms with Crippen molar-refractivity contribution >= 4 is 0 Å². The summed E-state index contributed by atoms with van der Waals surface area (Å²) in [6.45, 7) is 0.768. The molecule has 2 rings (SSSR count). The molecule has 2 unspecified atom stereocenters.